The Hall–Kier alpha value is 1.38. The molecule has 0 unspecified atom stereocenters. The van der Waals surface area contributed by atoms with Gasteiger partial charge in [0.05, 0.1) is 0 Å². The molecule has 0 saturated heterocycles. The Balaban J connectivity index is -0.0000000370. The Morgan fingerprint density at radius 3 is 1.07 bits per heavy atom. The van der Waals surface area contributed by atoms with Crippen LogP contribution in [0.5, 0.6) is 0 Å². The summed E-state index contributed by atoms with van der Waals surface area (Å²) in [6.07, 6.45) is 6.18. The molecule has 0 N–H and O–H groups in total. The molecule has 88 valence electrons. The molecule has 0 aliphatic heterocycles. The van der Waals surface area contributed by atoms with E-state index in [4.69, 9.17) is 24.4 Å². The van der Waals surface area contributed by atoms with Crippen molar-refractivity contribution in [3.63, 3.8) is 0 Å². The normalized spacial score (nSPS) is 6.13. The van der Waals surface area contributed by atoms with E-state index in [1.165, 1.54) is 0 Å². The van der Waals surface area contributed by atoms with Gasteiger partial charge in [-0.1, -0.05) is 27.7 Å². The van der Waals surface area contributed by atoms with Crippen molar-refractivity contribution >= 4 is 34.2 Å². The molecule has 0 aliphatic rings. The van der Waals surface area contributed by atoms with Crippen molar-refractivity contribution in [1.82, 2.24) is 0 Å². The Morgan fingerprint density at radius 1 is 0.867 bits per heavy atom. The summed E-state index contributed by atoms with van der Waals surface area (Å²) in [6.45, 7) is 8.02. The number of hydrogen-bond acceptors (Lipinski definition) is 2. The molecule has 0 rings (SSSR count). The second-order valence-corrected chi connectivity index (χ2v) is 3.73. The maximum absolute atomic E-state index is 4.74. The summed E-state index contributed by atoms with van der Waals surface area (Å²) in [6, 6.07) is 0. The molecule has 0 spiro atoms. The maximum atomic E-state index is 4.74. The summed E-state index contributed by atoms with van der Waals surface area (Å²) in [5.41, 5.74) is 0. The molecule has 0 atom stereocenters. The van der Waals surface area contributed by atoms with E-state index in [0.717, 1.165) is 22.6 Å². The van der Waals surface area contributed by atoms with Crippen LogP contribution >= 0.6 is 24.4 Å². The molecule has 0 aromatic rings. The fourth-order valence-corrected chi connectivity index (χ4v) is 0.908. The van der Waals surface area contributed by atoms with Crippen molar-refractivity contribution in [2.45, 2.75) is 40.5 Å². The molecule has 0 bridgehead atoms. The van der Waals surface area contributed by atoms with Crippen LogP contribution in [0.3, 0.4) is 0 Å². The Bertz CT molecular complexity index is 125. The molecular weight excluding hydrogens is 346 g/mol. The van der Waals surface area contributed by atoms with Crippen LogP contribution in [0.2, 0.25) is 0 Å². The summed E-state index contributed by atoms with van der Waals surface area (Å²) < 4.78 is 0. The average molecular weight is 365 g/mol. The molecule has 0 nitrogen and oxygen atoms in total. The van der Waals surface area contributed by atoms with Gasteiger partial charge in [0.15, 0.2) is 0 Å². The largest absolute Gasteiger partial charge is 4.00 e. The minimum absolute atomic E-state index is 0. The third-order valence-corrected chi connectivity index (χ3v) is 1.32. The number of hydrogen-bond donors (Lipinski definition) is 0. The smallest absolute Gasteiger partial charge is 1.00 e. The number of thiocarbonyl (C=S) groups is 2. The molecule has 0 aromatic heterocycles. The monoisotopic (exact) mass is 362 g/mol. The molecule has 0 fully saturated rings. The van der Waals surface area contributed by atoms with Crippen LogP contribution in [0.25, 0.3) is 0 Å². The SMILES string of the molecule is CC[CH-]C(C)=S.CC[CH-]C(C)=S.[Cl-].[Cl-].[Zr+4]. The van der Waals surface area contributed by atoms with Crippen LogP contribution in [0.1, 0.15) is 40.5 Å². The van der Waals surface area contributed by atoms with Crippen LogP contribution < -0.4 is 24.8 Å². The van der Waals surface area contributed by atoms with Crippen molar-refractivity contribution in [2.24, 2.45) is 0 Å². The first-order valence-corrected chi connectivity index (χ1v) is 5.03. The van der Waals surface area contributed by atoms with Crippen molar-refractivity contribution in [1.29, 1.82) is 0 Å². The van der Waals surface area contributed by atoms with E-state index < -0.39 is 0 Å². The van der Waals surface area contributed by atoms with E-state index in [1.54, 1.807) is 0 Å². The Morgan fingerprint density at radius 2 is 1.07 bits per heavy atom. The molecule has 0 aliphatic carbocycles. The Kier molecular flexibility index (Phi) is 49.0. The third kappa shape index (κ3) is 50.5. The van der Waals surface area contributed by atoms with Crippen LogP contribution in [-0.2, 0) is 26.2 Å². The van der Waals surface area contributed by atoms with Crippen LogP contribution in [-0.4, -0.2) is 9.73 Å². The third-order valence-electron chi connectivity index (χ3n) is 0.983. The number of halogens is 2. The van der Waals surface area contributed by atoms with Gasteiger partial charge < -0.3 is 37.7 Å². The van der Waals surface area contributed by atoms with E-state index in [-0.39, 0.29) is 51.0 Å². The summed E-state index contributed by atoms with van der Waals surface area (Å²) in [4.78, 5) is 2.00. The van der Waals surface area contributed by atoms with Crippen molar-refractivity contribution < 1.29 is 51.0 Å². The molecule has 0 aromatic carbocycles. The maximum Gasteiger partial charge on any atom is 4.00 e. The fraction of sp³-hybridized carbons (Fsp3) is 0.600. The zero-order valence-electron chi connectivity index (χ0n) is 9.64. The second-order valence-electron chi connectivity index (χ2n) is 2.45. The topological polar surface area (TPSA) is 0 Å². The van der Waals surface area contributed by atoms with Crippen molar-refractivity contribution in [3.05, 3.63) is 12.8 Å². The average Bonchev–Trinajstić information content (AvgIpc) is 1.87. The van der Waals surface area contributed by atoms with Crippen LogP contribution in [0.15, 0.2) is 0 Å². The molecule has 0 amide bonds. The standard InChI is InChI=1S/2C5H9S.2ClH.Zr/c2*1-3-4-5(2)6;;;/h2*4H,3H2,1-2H3;2*1H;/q2*-1;;;+4/p-2. The molecule has 0 saturated carbocycles. The van der Waals surface area contributed by atoms with Crippen molar-refractivity contribution in [3.8, 4) is 0 Å². The van der Waals surface area contributed by atoms with Gasteiger partial charge in [-0.05, 0) is 0 Å². The van der Waals surface area contributed by atoms with E-state index in [1.807, 2.05) is 26.7 Å². The zero-order valence-corrected chi connectivity index (χ0v) is 15.2. The van der Waals surface area contributed by atoms with E-state index >= 15 is 0 Å². The van der Waals surface area contributed by atoms with E-state index in [9.17, 15) is 0 Å². The predicted molar refractivity (Wildman–Crippen MR) is 65.7 cm³/mol. The summed E-state index contributed by atoms with van der Waals surface area (Å²) in [5.74, 6) is 0. The van der Waals surface area contributed by atoms with Gasteiger partial charge in [0, 0.05) is 0 Å². The molecule has 0 heterocycles. The van der Waals surface area contributed by atoms with Crippen molar-refractivity contribution in [2.75, 3.05) is 0 Å². The first kappa shape index (κ1) is 29.9. The molecule has 0 radical (unpaired) electrons. The quantitative estimate of drug-likeness (QED) is 0.418. The Labute approximate surface area is 137 Å². The zero-order chi connectivity index (χ0) is 9.98. The fourth-order valence-electron chi connectivity index (χ4n) is 0.575. The first-order chi connectivity index (χ1) is 5.54. The number of rotatable bonds is 4. The summed E-state index contributed by atoms with van der Waals surface area (Å²) in [5, 5.41) is 0. The van der Waals surface area contributed by atoms with Gasteiger partial charge in [-0.2, -0.15) is 12.8 Å². The summed E-state index contributed by atoms with van der Waals surface area (Å²) in [7, 11) is 0. The van der Waals surface area contributed by atoms with E-state index in [2.05, 4.69) is 13.8 Å². The van der Waals surface area contributed by atoms with Gasteiger partial charge >= 0.3 is 26.2 Å². The second kappa shape index (κ2) is 24.6. The summed E-state index contributed by atoms with van der Waals surface area (Å²) >= 11 is 9.48. The van der Waals surface area contributed by atoms with Gasteiger partial charge in [0.25, 0.3) is 0 Å². The first-order valence-electron chi connectivity index (χ1n) is 4.22. The molecule has 5 heteroatoms. The van der Waals surface area contributed by atoms with Gasteiger partial charge in [0.1, 0.15) is 0 Å². The van der Waals surface area contributed by atoms with E-state index in [0.29, 0.717) is 0 Å². The van der Waals surface area contributed by atoms with Gasteiger partial charge in [-0.25, -0.2) is 0 Å². The predicted octanol–water partition coefficient (Wildman–Crippen LogP) is -2.01. The minimum atomic E-state index is 0. The minimum Gasteiger partial charge on any atom is -1.00 e. The van der Waals surface area contributed by atoms with Crippen LogP contribution in [0.4, 0.5) is 0 Å². The van der Waals surface area contributed by atoms with Gasteiger partial charge in [0.2, 0.25) is 0 Å². The molecule has 15 heavy (non-hydrogen) atoms. The molecular formula is C10H18Cl2S2Zr. The van der Waals surface area contributed by atoms with Gasteiger partial charge in [-0.3, -0.25) is 0 Å². The van der Waals surface area contributed by atoms with Crippen LogP contribution in [0, 0.1) is 12.8 Å². The van der Waals surface area contributed by atoms with Gasteiger partial charge in [-0.15, -0.1) is 34.2 Å².